The molecule has 1 N–H and O–H groups in total. The van der Waals surface area contributed by atoms with E-state index < -0.39 is 0 Å². The Bertz CT molecular complexity index is 766. The predicted octanol–water partition coefficient (Wildman–Crippen LogP) is 1.54. The minimum absolute atomic E-state index is 0.0103. The number of carbonyl (C=O) groups excluding carboxylic acids is 2. The van der Waals surface area contributed by atoms with Crippen molar-refractivity contribution in [2.24, 2.45) is 0 Å². The number of benzene rings is 1. The minimum atomic E-state index is -0.180. The van der Waals surface area contributed by atoms with Gasteiger partial charge in [0.15, 0.2) is 0 Å². The number of nitrogens with zero attached hydrogens (tertiary/aromatic N) is 3. The summed E-state index contributed by atoms with van der Waals surface area (Å²) in [5, 5.41) is 7.28. The van der Waals surface area contributed by atoms with Gasteiger partial charge in [-0.15, -0.1) is 0 Å². The van der Waals surface area contributed by atoms with Crippen LogP contribution in [0.25, 0.3) is 0 Å². The molecule has 1 fully saturated rings. The lowest BCUT2D eigenvalue weighted by atomic mass is 10.1. The van der Waals surface area contributed by atoms with Crippen LogP contribution in [0.1, 0.15) is 34.7 Å². The van der Waals surface area contributed by atoms with Crippen molar-refractivity contribution in [2.45, 2.75) is 26.4 Å². The molecular weight excluding hydrogens is 332 g/mol. The van der Waals surface area contributed by atoms with E-state index in [2.05, 4.69) is 10.4 Å². The molecule has 26 heavy (non-hydrogen) atoms. The number of aryl methyl sites for hydroxylation is 1. The second kappa shape index (κ2) is 8.14. The summed E-state index contributed by atoms with van der Waals surface area (Å²) in [4.78, 5) is 26.9. The molecule has 1 unspecified atom stereocenters. The molecular formula is C19H24N4O3. The average Bonchev–Trinajstić information content (AvgIpc) is 3.02. The molecule has 138 valence electrons. The molecule has 0 radical (unpaired) electrons. The highest BCUT2D eigenvalue weighted by atomic mass is 16.5. The van der Waals surface area contributed by atoms with Crippen molar-refractivity contribution in [3.05, 3.63) is 53.3 Å². The first-order chi connectivity index (χ1) is 12.5. The van der Waals surface area contributed by atoms with Crippen LogP contribution in [0.5, 0.6) is 0 Å². The summed E-state index contributed by atoms with van der Waals surface area (Å²) in [5.74, 6) is -0.293. The van der Waals surface area contributed by atoms with Gasteiger partial charge in [-0.3, -0.25) is 14.3 Å². The molecule has 1 aromatic heterocycles. The molecule has 7 nitrogen and oxygen atoms in total. The third-order valence-corrected chi connectivity index (χ3v) is 4.39. The Morgan fingerprint density at radius 1 is 1.23 bits per heavy atom. The van der Waals surface area contributed by atoms with Crippen molar-refractivity contribution >= 4 is 11.8 Å². The quantitative estimate of drug-likeness (QED) is 0.882. The van der Waals surface area contributed by atoms with Crippen molar-refractivity contribution in [1.82, 2.24) is 20.0 Å². The van der Waals surface area contributed by atoms with Crippen molar-refractivity contribution < 1.29 is 14.3 Å². The zero-order chi connectivity index (χ0) is 18.5. The summed E-state index contributed by atoms with van der Waals surface area (Å²) in [6.07, 6.45) is 0. The van der Waals surface area contributed by atoms with Crippen molar-refractivity contribution in [2.75, 3.05) is 26.3 Å². The molecule has 2 heterocycles. The Hall–Kier alpha value is -2.67. The van der Waals surface area contributed by atoms with Crippen LogP contribution in [0.4, 0.5) is 0 Å². The van der Waals surface area contributed by atoms with E-state index in [-0.39, 0.29) is 24.4 Å². The summed E-state index contributed by atoms with van der Waals surface area (Å²) in [6.45, 7) is 5.94. The molecule has 1 aliphatic rings. The van der Waals surface area contributed by atoms with Gasteiger partial charge in [0, 0.05) is 13.1 Å². The number of amides is 2. The van der Waals surface area contributed by atoms with E-state index in [0.717, 1.165) is 5.56 Å². The minimum Gasteiger partial charge on any atom is -0.378 e. The molecule has 1 saturated heterocycles. The van der Waals surface area contributed by atoms with Crippen LogP contribution in [-0.4, -0.2) is 52.8 Å². The van der Waals surface area contributed by atoms with E-state index in [1.807, 2.05) is 44.2 Å². The Kier molecular flexibility index (Phi) is 5.68. The van der Waals surface area contributed by atoms with Gasteiger partial charge in [0.2, 0.25) is 5.91 Å². The van der Waals surface area contributed by atoms with E-state index in [0.29, 0.717) is 37.7 Å². The number of nitrogens with one attached hydrogen (secondary N) is 1. The number of aromatic nitrogens is 2. The maximum absolute atomic E-state index is 12.7. The van der Waals surface area contributed by atoms with Crippen LogP contribution in [0, 0.1) is 6.92 Å². The number of ether oxygens (including phenoxy) is 1. The summed E-state index contributed by atoms with van der Waals surface area (Å²) in [6, 6.07) is 11.4. The average molecular weight is 356 g/mol. The molecule has 1 atom stereocenters. The molecule has 2 amide bonds. The zero-order valence-corrected chi connectivity index (χ0v) is 15.1. The number of hydrogen-bond donors (Lipinski definition) is 1. The molecule has 0 bridgehead atoms. The van der Waals surface area contributed by atoms with Crippen LogP contribution in [0.15, 0.2) is 36.4 Å². The second-order valence-electron chi connectivity index (χ2n) is 6.43. The fourth-order valence-corrected chi connectivity index (χ4v) is 3.01. The Labute approximate surface area is 152 Å². The highest BCUT2D eigenvalue weighted by Gasteiger charge is 2.23. The first-order valence-electron chi connectivity index (χ1n) is 8.80. The number of rotatable bonds is 5. The Morgan fingerprint density at radius 2 is 1.92 bits per heavy atom. The number of morpholine rings is 1. The fraction of sp³-hybridized carbons (Fsp3) is 0.421. The lowest BCUT2D eigenvalue weighted by molar-refractivity contribution is -0.122. The van der Waals surface area contributed by atoms with Gasteiger partial charge in [-0.25, -0.2) is 0 Å². The molecule has 1 aliphatic heterocycles. The molecule has 0 spiro atoms. The Morgan fingerprint density at radius 3 is 2.62 bits per heavy atom. The van der Waals surface area contributed by atoms with Crippen LogP contribution in [0.2, 0.25) is 0 Å². The smallest absolute Gasteiger partial charge is 0.272 e. The van der Waals surface area contributed by atoms with Crippen LogP contribution < -0.4 is 5.32 Å². The monoisotopic (exact) mass is 356 g/mol. The highest BCUT2D eigenvalue weighted by Crippen LogP contribution is 2.12. The molecule has 3 rings (SSSR count). The van der Waals surface area contributed by atoms with Crippen molar-refractivity contribution in [3.8, 4) is 0 Å². The fourth-order valence-electron chi connectivity index (χ4n) is 3.01. The summed E-state index contributed by atoms with van der Waals surface area (Å²) < 4.78 is 6.78. The third-order valence-electron chi connectivity index (χ3n) is 4.39. The number of carbonyl (C=O) groups is 2. The standard InChI is InChI=1S/C19H24N4O3/c1-14-12-17(19(25)22-8-10-26-11-9-22)23(21-14)13-18(24)20-15(2)16-6-4-3-5-7-16/h3-7,12,15H,8-11,13H2,1-2H3,(H,20,24). The van der Waals surface area contributed by atoms with Gasteiger partial charge in [0.25, 0.3) is 5.91 Å². The van der Waals surface area contributed by atoms with E-state index in [9.17, 15) is 9.59 Å². The Balaban J connectivity index is 1.67. The first kappa shape index (κ1) is 18.1. The summed E-state index contributed by atoms with van der Waals surface area (Å²) in [5.41, 5.74) is 2.18. The van der Waals surface area contributed by atoms with Crippen LogP contribution >= 0.6 is 0 Å². The first-order valence-corrected chi connectivity index (χ1v) is 8.80. The van der Waals surface area contributed by atoms with Gasteiger partial charge in [0.05, 0.1) is 24.9 Å². The van der Waals surface area contributed by atoms with E-state index in [1.54, 1.807) is 11.0 Å². The highest BCUT2D eigenvalue weighted by molar-refractivity contribution is 5.93. The zero-order valence-electron chi connectivity index (χ0n) is 15.1. The molecule has 2 aromatic rings. The lowest BCUT2D eigenvalue weighted by Crippen LogP contribution is -2.42. The summed E-state index contributed by atoms with van der Waals surface area (Å²) >= 11 is 0. The normalized spacial score (nSPS) is 15.5. The van der Waals surface area contributed by atoms with Gasteiger partial charge in [-0.2, -0.15) is 5.10 Å². The topological polar surface area (TPSA) is 76.5 Å². The van der Waals surface area contributed by atoms with Gasteiger partial charge in [-0.05, 0) is 25.5 Å². The van der Waals surface area contributed by atoms with Crippen molar-refractivity contribution in [3.63, 3.8) is 0 Å². The van der Waals surface area contributed by atoms with Crippen LogP contribution in [0.3, 0.4) is 0 Å². The van der Waals surface area contributed by atoms with Crippen molar-refractivity contribution in [1.29, 1.82) is 0 Å². The van der Waals surface area contributed by atoms with Gasteiger partial charge in [-0.1, -0.05) is 30.3 Å². The van der Waals surface area contributed by atoms with E-state index >= 15 is 0 Å². The van der Waals surface area contributed by atoms with Gasteiger partial charge < -0.3 is 15.0 Å². The maximum Gasteiger partial charge on any atom is 0.272 e. The number of hydrogen-bond acceptors (Lipinski definition) is 4. The second-order valence-corrected chi connectivity index (χ2v) is 6.43. The largest absolute Gasteiger partial charge is 0.378 e. The van der Waals surface area contributed by atoms with E-state index in [4.69, 9.17) is 4.74 Å². The molecule has 7 heteroatoms. The van der Waals surface area contributed by atoms with Gasteiger partial charge in [0.1, 0.15) is 12.2 Å². The van der Waals surface area contributed by atoms with E-state index in [1.165, 1.54) is 4.68 Å². The van der Waals surface area contributed by atoms with Gasteiger partial charge >= 0.3 is 0 Å². The lowest BCUT2D eigenvalue weighted by Gasteiger charge is -2.26. The van der Waals surface area contributed by atoms with Crippen LogP contribution in [-0.2, 0) is 16.1 Å². The SMILES string of the molecule is Cc1cc(C(=O)N2CCOCC2)n(CC(=O)NC(C)c2ccccc2)n1. The molecule has 0 saturated carbocycles. The maximum atomic E-state index is 12.7. The molecule has 0 aliphatic carbocycles. The summed E-state index contributed by atoms with van der Waals surface area (Å²) in [7, 11) is 0. The molecule has 1 aromatic carbocycles. The predicted molar refractivity (Wildman–Crippen MR) is 96.7 cm³/mol. The third kappa shape index (κ3) is 4.29.